The molecule has 3 rings (SSSR count). The standard InChI is InChI=1S/C20H21ClFN3O3/c21-15-2-1-3-17(12-15)23-19(26)13-24-8-10-25(11-9-24)20(27)14-28-18-6-4-16(22)5-7-18/h1-7,12H,8-11,13-14H2,(H,23,26). The van der Waals surface area contributed by atoms with Crippen LogP contribution in [0.5, 0.6) is 5.75 Å². The minimum atomic E-state index is -0.353. The van der Waals surface area contributed by atoms with Gasteiger partial charge in [0.15, 0.2) is 6.61 Å². The van der Waals surface area contributed by atoms with Crippen molar-refractivity contribution in [2.24, 2.45) is 0 Å². The van der Waals surface area contributed by atoms with Crippen LogP contribution in [0.4, 0.5) is 10.1 Å². The Morgan fingerprint density at radius 1 is 1.07 bits per heavy atom. The molecule has 2 aromatic rings. The molecule has 2 amide bonds. The fourth-order valence-electron chi connectivity index (χ4n) is 2.89. The number of piperazine rings is 1. The summed E-state index contributed by atoms with van der Waals surface area (Å²) in [6.45, 7) is 2.41. The van der Waals surface area contributed by atoms with E-state index in [-0.39, 0.29) is 30.8 Å². The van der Waals surface area contributed by atoms with Crippen LogP contribution in [0.1, 0.15) is 0 Å². The normalized spacial score (nSPS) is 14.6. The fraction of sp³-hybridized carbons (Fsp3) is 0.300. The Balaban J connectivity index is 1.39. The molecule has 0 unspecified atom stereocenters. The monoisotopic (exact) mass is 405 g/mol. The van der Waals surface area contributed by atoms with Crippen molar-refractivity contribution in [3.05, 3.63) is 59.4 Å². The molecule has 1 saturated heterocycles. The summed E-state index contributed by atoms with van der Waals surface area (Å²) in [6.07, 6.45) is 0. The van der Waals surface area contributed by atoms with Crippen molar-refractivity contribution in [2.75, 3.05) is 44.6 Å². The molecule has 1 fully saturated rings. The van der Waals surface area contributed by atoms with Gasteiger partial charge < -0.3 is 15.0 Å². The lowest BCUT2D eigenvalue weighted by atomic mass is 10.3. The number of nitrogens with one attached hydrogen (secondary N) is 1. The van der Waals surface area contributed by atoms with Crippen LogP contribution >= 0.6 is 11.6 Å². The van der Waals surface area contributed by atoms with Crippen LogP contribution in [-0.4, -0.2) is 60.9 Å². The number of nitrogens with zero attached hydrogens (tertiary/aromatic N) is 2. The third-order valence-electron chi connectivity index (χ3n) is 4.38. The van der Waals surface area contributed by atoms with Crippen LogP contribution in [0.2, 0.25) is 5.02 Å². The van der Waals surface area contributed by atoms with Crippen molar-refractivity contribution >= 4 is 29.1 Å². The number of hydrogen-bond donors (Lipinski definition) is 1. The fourth-order valence-corrected chi connectivity index (χ4v) is 3.08. The smallest absolute Gasteiger partial charge is 0.260 e. The molecule has 8 heteroatoms. The van der Waals surface area contributed by atoms with Crippen molar-refractivity contribution in [3.8, 4) is 5.75 Å². The van der Waals surface area contributed by atoms with E-state index in [1.54, 1.807) is 29.2 Å². The predicted octanol–water partition coefficient (Wildman–Crippen LogP) is 2.64. The summed E-state index contributed by atoms with van der Waals surface area (Å²) in [4.78, 5) is 28.1. The maximum Gasteiger partial charge on any atom is 0.260 e. The van der Waals surface area contributed by atoms with Gasteiger partial charge in [-0.15, -0.1) is 0 Å². The van der Waals surface area contributed by atoms with E-state index in [2.05, 4.69) is 5.32 Å². The molecular formula is C20H21ClFN3O3. The van der Waals surface area contributed by atoms with E-state index in [0.717, 1.165) is 0 Å². The number of rotatable bonds is 6. The van der Waals surface area contributed by atoms with E-state index in [0.29, 0.717) is 42.6 Å². The first-order valence-electron chi connectivity index (χ1n) is 8.93. The number of hydrogen-bond acceptors (Lipinski definition) is 4. The van der Waals surface area contributed by atoms with Crippen LogP contribution in [0, 0.1) is 5.82 Å². The molecule has 0 aromatic heterocycles. The van der Waals surface area contributed by atoms with Gasteiger partial charge in [0.05, 0.1) is 6.54 Å². The molecule has 1 aliphatic rings. The summed E-state index contributed by atoms with van der Waals surface area (Å²) in [5.74, 6) is -0.158. The predicted molar refractivity (Wildman–Crippen MR) is 105 cm³/mol. The quantitative estimate of drug-likeness (QED) is 0.802. The first kappa shape index (κ1) is 20.1. The molecule has 0 atom stereocenters. The number of carbonyl (C=O) groups is 2. The molecule has 6 nitrogen and oxygen atoms in total. The number of ether oxygens (including phenoxy) is 1. The molecule has 1 aliphatic heterocycles. The molecule has 1 heterocycles. The summed E-state index contributed by atoms with van der Waals surface area (Å²) in [6, 6.07) is 12.5. The van der Waals surface area contributed by atoms with Crippen molar-refractivity contribution in [1.29, 1.82) is 0 Å². The number of carbonyl (C=O) groups excluding carboxylic acids is 2. The van der Waals surface area contributed by atoms with E-state index in [4.69, 9.17) is 16.3 Å². The van der Waals surface area contributed by atoms with Crippen LogP contribution in [0.15, 0.2) is 48.5 Å². The average Bonchev–Trinajstić information content (AvgIpc) is 2.68. The Bertz CT molecular complexity index is 824. The maximum atomic E-state index is 12.9. The van der Waals surface area contributed by atoms with Gasteiger partial charge in [-0.2, -0.15) is 0 Å². The molecule has 148 valence electrons. The zero-order valence-electron chi connectivity index (χ0n) is 15.2. The first-order chi connectivity index (χ1) is 13.5. The Hall–Kier alpha value is -2.64. The lowest BCUT2D eigenvalue weighted by molar-refractivity contribution is -0.135. The zero-order chi connectivity index (χ0) is 19.9. The van der Waals surface area contributed by atoms with Gasteiger partial charge in [-0.1, -0.05) is 17.7 Å². The molecule has 0 aliphatic carbocycles. The van der Waals surface area contributed by atoms with Crippen molar-refractivity contribution < 1.29 is 18.7 Å². The second-order valence-corrected chi connectivity index (χ2v) is 6.89. The Morgan fingerprint density at radius 3 is 2.46 bits per heavy atom. The molecular weight excluding hydrogens is 385 g/mol. The molecule has 1 N–H and O–H groups in total. The van der Waals surface area contributed by atoms with Crippen molar-refractivity contribution in [1.82, 2.24) is 9.80 Å². The summed E-state index contributed by atoms with van der Waals surface area (Å²) >= 11 is 5.91. The molecule has 0 saturated carbocycles. The minimum Gasteiger partial charge on any atom is -0.484 e. The van der Waals surface area contributed by atoms with Gasteiger partial charge in [0.1, 0.15) is 11.6 Å². The Kier molecular flexibility index (Phi) is 6.84. The highest BCUT2D eigenvalue weighted by atomic mass is 35.5. The summed E-state index contributed by atoms with van der Waals surface area (Å²) in [7, 11) is 0. The second-order valence-electron chi connectivity index (χ2n) is 6.46. The van der Waals surface area contributed by atoms with Gasteiger partial charge in [-0.25, -0.2) is 4.39 Å². The topological polar surface area (TPSA) is 61.9 Å². The third-order valence-corrected chi connectivity index (χ3v) is 4.61. The molecule has 0 bridgehead atoms. The summed E-state index contributed by atoms with van der Waals surface area (Å²) in [5, 5.41) is 3.38. The van der Waals surface area contributed by atoms with Crippen molar-refractivity contribution in [2.45, 2.75) is 0 Å². The molecule has 2 aromatic carbocycles. The maximum absolute atomic E-state index is 12.9. The highest BCUT2D eigenvalue weighted by molar-refractivity contribution is 6.30. The number of anilines is 1. The van der Waals surface area contributed by atoms with E-state index in [1.165, 1.54) is 24.3 Å². The zero-order valence-corrected chi connectivity index (χ0v) is 16.0. The number of benzene rings is 2. The number of amides is 2. The van der Waals surface area contributed by atoms with Gasteiger partial charge >= 0.3 is 0 Å². The largest absolute Gasteiger partial charge is 0.484 e. The van der Waals surface area contributed by atoms with Crippen LogP contribution in [0.3, 0.4) is 0 Å². The summed E-state index contributed by atoms with van der Waals surface area (Å²) < 4.78 is 18.3. The summed E-state index contributed by atoms with van der Waals surface area (Å²) in [5.41, 5.74) is 0.657. The van der Waals surface area contributed by atoms with Gasteiger partial charge in [0.25, 0.3) is 5.91 Å². The average molecular weight is 406 g/mol. The van der Waals surface area contributed by atoms with E-state index in [9.17, 15) is 14.0 Å². The number of halogens is 2. The highest BCUT2D eigenvalue weighted by Gasteiger charge is 2.22. The van der Waals surface area contributed by atoms with Gasteiger partial charge in [-0.3, -0.25) is 14.5 Å². The molecule has 0 radical (unpaired) electrons. The molecule has 28 heavy (non-hydrogen) atoms. The van der Waals surface area contributed by atoms with Gasteiger partial charge in [0.2, 0.25) is 5.91 Å². The van der Waals surface area contributed by atoms with Crippen LogP contribution in [0.25, 0.3) is 0 Å². The lowest BCUT2D eigenvalue weighted by Gasteiger charge is -2.34. The van der Waals surface area contributed by atoms with Gasteiger partial charge in [0, 0.05) is 36.9 Å². The van der Waals surface area contributed by atoms with Crippen molar-refractivity contribution in [3.63, 3.8) is 0 Å². The lowest BCUT2D eigenvalue weighted by Crippen LogP contribution is -2.51. The van der Waals surface area contributed by atoms with E-state index < -0.39 is 0 Å². The Labute approximate surface area is 167 Å². The highest BCUT2D eigenvalue weighted by Crippen LogP contribution is 2.15. The van der Waals surface area contributed by atoms with Crippen LogP contribution in [-0.2, 0) is 9.59 Å². The van der Waals surface area contributed by atoms with Crippen LogP contribution < -0.4 is 10.1 Å². The minimum absolute atomic E-state index is 0.0963. The van der Waals surface area contributed by atoms with E-state index >= 15 is 0 Å². The van der Waals surface area contributed by atoms with E-state index in [1.807, 2.05) is 4.90 Å². The van der Waals surface area contributed by atoms with Gasteiger partial charge in [-0.05, 0) is 42.5 Å². The second kappa shape index (κ2) is 9.52. The molecule has 0 spiro atoms. The third kappa shape index (κ3) is 5.94. The Morgan fingerprint density at radius 2 is 1.79 bits per heavy atom. The SMILES string of the molecule is O=C(CN1CCN(C(=O)COc2ccc(F)cc2)CC1)Nc1cccc(Cl)c1. The first-order valence-corrected chi connectivity index (χ1v) is 9.31.